The Morgan fingerprint density at radius 1 is 1.17 bits per heavy atom. The first-order valence-corrected chi connectivity index (χ1v) is 5.69. The zero-order chi connectivity index (χ0) is 12.5. The maximum atomic E-state index is 13.6. The number of rotatable bonds is 2. The van der Waals surface area contributed by atoms with Crippen LogP contribution in [0.25, 0.3) is 5.52 Å². The Bertz CT molecular complexity index is 703. The van der Waals surface area contributed by atoms with Gasteiger partial charge in [0.15, 0.2) is 0 Å². The minimum Gasteiger partial charge on any atom is -0.397 e. The molecule has 2 aromatic heterocycles. The average Bonchev–Trinajstić information content (AvgIpc) is 2.77. The van der Waals surface area contributed by atoms with Gasteiger partial charge in [0.25, 0.3) is 0 Å². The summed E-state index contributed by atoms with van der Waals surface area (Å²) in [6.45, 7) is 0. The van der Waals surface area contributed by atoms with Gasteiger partial charge in [-0.3, -0.25) is 0 Å². The van der Waals surface area contributed by atoms with Crippen LogP contribution in [0.15, 0.2) is 48.8 Å². The predicted molar refractivity (Wildman–Crippen MR) is 68.8 cm³/mol. The van der Waals surface area contributed by atoms with Crippen LogP contribution in [0.4, 0.5) is 10.1 Å². The summed E-state index contributed by atoms with van der Waals surface area (Å²) in [5, 5.41) is 0. The van der Waals surface area contributed by atoms with Gasteiger partial charge < -0.3 is 10.1 Å². The molecule has 0 saturated carbocycles. The van der Waals surface area contributed by atoms with Gasteiger partial charge in [-0.1, -0.05) is 18.2 Å². The summed E-state index contributed by atoms with van der Waals surface area (Å²) in [6.07, 6.45) is 4.05. The molecule has 0 aliphatic heterocycles. The number of nitrogens with zero attached hydrogens (tertiary/aromatic N) is 2. The second-order valence-electron chi connectivity index (χ2n) is 4.16. The molecular weight excluding hydrogens is 229 g/mol. The molecule has 0 bridgehead atoms. The van der Waals surface area contributed by atoms with Crippen LogP contribution < -0.4 is 5.73 Å². The molecule has 3 nitrogen and oxygen atoms in total. The largest absolute Gasteiger partial charge is 0.397 e. The van der Waals surface area contributed by atoms with Gasteiger partial charge >= 0.3 is 0 Å². The topological polar surface area (TPSA) is 43.3 Å². The number of pyridine rings is 1. The Balaban J connectivity index is 2.06. The molecule has 0 aliphatic carbocycles. The number of aromatic nitrogens is 2. The lowest BCUT2D eigenvalue weighted by atomic mass is 10.1. The fourth-order valence-corrected chi connectivity index (χ4v) is 2.04. The number of fused-ring (bicyclic) bond motifs is 1. The first-order chi connectivity index (χ1) is 8.75. The third-order valence-corrected chi connectivity index (χ3v) is 2.99. The molecule has 0 fully saturated rings. The molecule has 3 rings (SSSR count). The highest BCUT2D eigenvalue weighted by atomic mass is 19.1. The van der Waals surface area contributed by atoms with Crippen molar-refractivity contribution >= 4 is 11.2 Å². The van der Waals surface area contributed by atoms with Gasteiger partial charge in [-0.25, -0.2) is 9.37 Å². The molecule has 90 valence electrons. The molecule has 3 aromatic rings. The van der Waals surface area contributed by atoms with E-state index in [0.717, 1.165) is 11.3 Å². The SMILES string of the molecule is Nc1cccn2c(Cc3ccccc3F)ncc12. The lowest BCUT2D eigenvalue weighted by Crippen LogP contribution is -1.99. The van der Waals surface area contributed by atoms with Gasteiger partial charge in [-0.05, 0) is 23.8 Å². The van der Waals surface area contributed by atoms with E-state index in [9.17, 15) is 4.39 Å². The molecule has 0 unspecified atom stereocenters. The summed E-state index contributed by atoms with van der Waals surface area (Å²) in [7, 11) is 0. The van der Waals surface area contributed by atoms with Crippen LogP contribution in [-0.2, 0) is 6.42 Å². The highest BCUT2D eigenvalue weighted by Gasteiger charge is 2.08. The summed E-state index contributed by atoms with van der Waals surface area (Å²) >= 11 is 0. The van der Waals surface area contributed by atoms with Crippen molar-refractivity contribution in [3.05, 3.63) is 66.0 Å². The zero-order valence-corrected chi connectivity index (χ0v) is 9.68. The number of anilines is 1. The van der Waals surface area contributed by atoms with Crippen LogP contribution >= 0.6 is 0 Å². The Labute approximate surface area is 104 Å². The van der Waals surface area contributed by atoms with E-state index in [1.54, 1.807) is 18.3 Å². The molecule has 0 aliphatic rings. The smallest absolute Gasteiger partial charge is 0.126 e. The summed E-state index contributed by atoms with van der Waals surface area (Å²) < 4.78 is 15.5. The molecule has 2 N–H and O–H groups in total. The Hall–Kier alpha value is -2.36. The third kappa shape index (κ3) is 1.72. The monoisotopic (exact) mass is 241 g/mol. The highest BCUT2D eigenvalue weighted by molar-refractivity contribution is 5.68. The number of nitrogens with two attached hydrogens (primary N) is 1. The maximum absolute atomic E-state index is 13.6. The van der Waals surface area contributed by atoms with Gasteiger partial charge in [0.2, 0.25) is 0 Å². The van der Waals surface area contributed by atoms with Crippen molar-refractivity contribution in [1.29, 1.82) is 0 Å². The average molecular weight is 241 g/mol. The van der Waals surface area contributed by atoms with E-state index < -0.39 is 0 Å². The quantitative estimate of drug-likeness (QED) is 0.749. The van der Waals surface area contributed by atoms with E-state index in [0.29, 0.717) is 17.7 Å². The molecular formula is C14H12FN3. The number of hydrogen-bond acceptors (Lipinski definition) is 2. The molecule has 0 radical (unpaired) electrons. The van der Waals surface area contributed by atoms with Crippen LogP contribution in [0.5, 0.6) is 0 Å². The zero-order valence-electron chi connectivity index (χ0n) is 9.68. The van der Waals surface area contributed by atoms with E-state index >= 15 is 0 Å². The Morgan fingerprint density at radius 3 is 2.83 bits per heavy atom. The molecule has 1 aromatic carbocycles. The molecule has 0 atom stereocenters. The number of nitrogen functional groups attached to an aromatic ring is 1. The number of benzene rings is 1. The van der Waals surface area contributed by atoms with Crippen molar-refractivity contribution in [2.45, 2.75) is 6.42 Å². The van der Waals surface area contributed by atoms with E-state index in [2.05, 4.69) is 4.98 Å². The van der Waals surface area contributed by atoms with Gasteiger partial charge in [-0.15, -0.1) is 0 Å². The predicted octanol–water partition coefficient (Wildman–Crippen LogP) is 2.65. The van der Waals surface area contributed by atoms with Crippen LogP contribution in [0.3, 0.4) is 0 Å². The molecule has 18 heavy (non-hydrogen) atoms. The van der Waals surface area contributed by atoms with E-state index in [1.165, 1.54) is 6.07 Å². The van der Waals surface area contributed by atoms with Gasteiger partial charge in [-0.2, -0.15) is 0 Å². The van der Waals surface area contributed by atoms with Crippen LogP contribution in [0.2, 0.25) is 0 Å². The van der Waals surface area contributed by atoms with Gasteiger partial charge in [0.1, 0.15) is 11.6 Å². The number of hydrogen-bond donors (Lipinski definition) is 1. The number of halogens is 1. The third-order valence-electron chi connectivity index (χ3n) is 2.99. The van der Waals surface area contributed by atoms with Crippen molar-refractivity contribution < 1.29 is 4.39 Å². The molecule has 4 heteroatoms. The minimum absolute atomic E-state index is 0.210. The molecule has 2 heterocycles. The molecule has 0 amide bonds. The first-order valence-electron chi connectivity index (χ1n) is 5.69. The second kappa shape index (κ2) is 4.14. The summed E-state index contributed by atoms with van der Waals surface area (Å²) in [5.41, 5.74) is 8.01. The Morgan fingerprint density at radius 2 is 2.00 bits per heavy atom. The normalized spacial score (nSPS) is 10.9. The van der Waals surface area contributed by atoms with Crippen molar-refractivity contribution in [1.82, 2.24) is 9.38 Å². The number of imidazole rings is 1. The first kappa shape index (κ1) is 10.8. The van der Waals surface area contributed by atoms with Crippen LogP contribution in [0, 0.1) is 5.82 Å². The molecule has 0 saturated heterocycles. The van der Waals surface area contributed by atoms with E-state index in [1.807, 2.05) is 28.8 Å². The summed E-state index contributed by atoms with van der Waals surface area (Å²) in [6, 6.07) is 10.4. The highest BCUT2D eigenvalue weighted by Crippen LogP contribution is 2.17. The van der Waals surface area contributed by atoms with Crippen LogP contribution in [-0.4, -0.2) is 9.38 Å². The second-order valence-corrected chi connectivity index (χ2v) is 4.16. The Kier molecular flexibility index (Phi) is 2.48. The fourth-order valence-electron chi connectivity index (χ4n) is 2.04. The lowest BCUT2D eigenvalue weighted by molar-refractivity contribution is 0.612. The van der Waals surface area contributed by atoms with E-state index in [4.69, 9.17) is 5.73 Å². The van der Waals surface area contributed by atoms with Gasteiger partial charge in [0.05, 0.1) is 17.4 Å². The van der Waals surface area contributed by atoms with E-state index in [-0.39, 0.29) is 5.82 Å². The molecule has 0 spiro atoms. The van der Waals surface area contributed by atoms with Gasteiger partial charge in [0, 0.05) is 12.6 Å². The van der Waals surface area contributed by atoms with Crippen molar-refractivity contribution in [2.75, 3.05) is 5.73 Å². The van der Waals surface area contributed by atoms with Crippen molar-refractivity contribution in [3.63, 3.8) is 0 Å². The lowest BCUT2D eigenvalue weighted by Gasteiger charge is -2.04. The summed E-state index contributed by atoms with van der Waals surface area (Å²) in [4.78, 5) is 4.31. The summed E-state index contributed by atoms with van der Waals surface area (Å²) in [5.74, 6) is 0.570. The maximum Gasteiger partial charge on any atom is 0.126 e. The van der Waals surface area contributed by atoms with Crippen LogP contribution in [0.1, 0.15) is 11.4 Å². The standard InChI is InChI=1S/C14H12FN3/c15-11-5-2-1-4-10(11)8-14-17-9-13-12(16)6-3-7-18(13)14/h1-7,9H,8,16H2. The van der Waals surface area contributed by atoms with Crippen molar-refractivity contribution in [2.24, 2.45) is 0 Å². The fraction of sp³-hybridized carbons (Fsp3) is 0.0714. The minimum atomic E-state index is -0.210. The van der Waals surface area contributed by atoms with Crippen molar-refractivity contribution in [3.8, 4) is 0 Å².